The number of aromatic nitrogens is 3. The number of ether oxygens (including phenoxy) is 6. The van der Waals surface area contributed by atoms with Gasteiger partial charge in [0, 0.05) is 35.8 Å². The van der Waals surface area contributed by atoms with Crippen LogP contribution in [0.3, 0.4) is 0 Å². The molecule has 15 nitrogen and oxygen atoms in total. The fourth-order valence-corrected chi connectivity index (χ4v) is 7.47. The Labute approximate surface area is 342 Å². The number of rotatable bonds is 16. The second-order valence-electron chi connectivity index (χ2n) is 12.1. The van der Waals surface area contributed by atoms with Gasteiger partial charge in [0.2, 0.25) is 0 Å². The Hall–Kier alpha value is -6.30. The lowest BCUT2D eigenvalue weighted by Crippen LogP contribution is -2.31. The van der Waals surface area contributed by atoms with Crippen molar-refractivity contribution in [2.75, 3.05) is 48.2 Å². The van der Waals surface area contributed by atoms with E-state index >= 15 is 0 Å². The number of aromatic hydroxyl groups is 1. The molecule has 0 saturated carbocycles. The van der Waals surface area contributed by atoms with Crippen molar-refractivity contribution in [1.29, 1.82) is 0 Å². The number of carbonyl (C=O) groups is 3. The molecule has 304 valence electrons. The molecule has 3 aromatic heterocycles. The van der Waals surface area contributed by atoms with Gasteiger partial charge in [0.15, 0.2) is 11.4 Å². The highest BCUT2D eigenvalue weighted by molar-refractivity contribution is 7.22. The number of carboxylic acids is 1. The van der Waals surface area contributed by atoms with Crippen LogP contribution >= 0.6 is 22.7 Å². The Morgan fingerprint density at radius 1 is 0.724 bits per heavy atom. The number of nitrogens with zero attached hydrogens (tertiary/aromatic N) is 4. The lowest BCUT2D eigenvalue weighted by Gasteiger charge is -2.22. The van der Waals surface area contributed by atoms with E-state index in [9.17, 15) is 24.6 Å². The third-order valence-corrected chi connectivity index (χ3v) is 10.6. The molecule has 0 radical (unpaired) electrons. The first-order valence-electron chi connectivity index (χ1n) is 17.8. The summed E-state index contributed by atoms with van der Waals surface area (Å²) in [4.78, 5) is 51.0. The summed E-state index contributed by atoms with van der Waals surface area (Å²) < 4.78 is 31.6. The highest BCUT2D eigenvalue weighted by atomic mass is 32.1. The predicted molar refractivity (Wildman–Crippen MR) is 218 cm³/mol. The molecule has 0 bridgehead atoms. The number of esters is 2. The molecule has 0 saturated heterocycles. The van der Waals surface area contributed by atoms with Crippen LogP contribution in [0, 0.1) is 0 Å². The van der Waals surface area contributed by atoms with E-state index in [2.05, 4.69) is 15.0 Å². The van der Waals surface area contributed by atoms with Crippen LogP contribution in [0.5, 0.6) is 28.7 Å². The fraction of sp³-hybridized carbons (Fsp3) is 0.268. The lowest BCUT2D eigenvalue weighted by atomic mass is 10.1. The summed E-state index contributed by atoms with van der Waals surface area (Å²) in [5.41, 5.74) is 3.28. The minimum Gasteiger partial charge on any atom is -0.504 e. The van der Waals surface area contributed by atoms with Gasteiger partial charge in [0.25, 0.3) is 0 Å². The minimum absolute atomic E-state index is 0.0442. The Morgan fingerprint density at radius 3 is 1.86 bits per heavy atom. The molecule has 0 spiro atoms. The molecule has 0 unspecified atom stereocenters. The molecule has 3 heterocycles. The summed E-state index contributed by atoms with van der Waals surface area (Å²) in [6, 6.07) is 20.1. The summed E-state index contributed by atoms with van der Waals surface area (Å²) in [7, 11) is 6.30. The van der Waals surface area contributed by atoms with Gasteiger partial charge in [-0.1, -0.05) is 6.07 Å². The lowest BCUT2D eigenvalue weighted by molar-refractivity contribution is -0.144. The van der Waals surface area contributed by atoms with Gasteiger partial charge in [0.1, 0.15) is 48.1 Å². The molecule has 0 amide bonds. The van der Waals surface area contributed by atoms with E-state index in [0.29, 0.717) is 44.7 Å². The van der Waals surface area contributed by atoms with Crippen molar-refractivity contribution >= 4 is 50.8 Å². The highest BCUT2D eigenvalue weighted by Crippen LogP contribution is 2.37. The van der Waals surface area contributed by atoms with Crippen LogP contribution in [0.2, 0.25) is 0 Å². The Balaban J connectivity index is 0.000000240. The smallest absolute Gasteiger partial charge is 0.360 e. The molecular weight excluding hydrogens is 789 g/mol. The van der Waals surface area contributed by atoms with Crippen molar-refractivity contribution in [2.24, 2.45) is 0 Å². The van der Waals surface area contributed by atoms with Gasteiger partial charge in [-0.05, 0) is 68.4 Å². The van der Waals surface area contributed by atoms with Crippen LogP contribution in [-0.4, -0.2) is 96.2 Å². The standard InChI is InChI=1S/C25H28N2O7S.C16H14N2O4S/c1-5-34-22(28)15-27(13-17-8-11-19(32-3)12-21(17)33-4)14-20-23(25(29)30)35-24(26-20)16-6-9-18(31-2)10-7-16;1-3-22-16(20)12-13(19)14-11(8-17-12)18-15(23-14)9-4-6-10(21-2)7-5-9/h6-12H,5,13-15H2,1-4H3,(H,29,30);4-8,19H,3H2,1-2H3. The van der Waals surface area contributed by atoms with Gasteiger partial charge >= 0.3 is 17.9 Å². The van der Waals surface area contributed by atoms with Crippen LogP contribution < -0.4 is 18.9 Å². The van der Waals surface area contributed by atoms with Crippen molar-refractivity contribution in [1.82, 2.24) is 19.9 Å². The molecule has 0 aliphatic heterocycles. The van der Waals surface area contributed by atoms with E-state index in [1.165, 1.54) is 17.5 Å². The minimum atomic E-state index is -1.07. The first-order chi connectivity index (χ1) is 28.0. The number of hydrogen-bond acceptors (Lipinski definition) is 16. The third kappa shape index (κ3) is 10.6. The number of carboxylic acid groups (broad SMARTS) is 1. The summed E-state index contributed by atoms with van der Waals surface area (Å²) in [5, 5.41) is 21.4. The SMILES string of the molecule is CCOC(=O)CN(Cc1ccc(OC)cc1OC)Cc1nc(-c2ccc(OC)cc2)sc1C(=O)O.CCOC(=O)c1ncc2nc(-c3ccc(OC)cc3)sc2c1O. The number of hydrogen-bond donors (Lipinski definition) is 2. The van der Waals surface area contributed by atoms with Crippen LogP contribution in [-0.2, 0) is 27.4 Å². The Bertz CT molecular complexity index is 2350. The Kier molecular flexibility index (Phi) is 14.9. The van der Waals surface area contributed by atoms with Gasteiger partial charge in [-0.3, -0.25) is 9.69 Å². The first-order valence-corrected chi connectivity index (χ1v) is 19.4. The van der Waals surface area contributed by atoms with Gasteiger partial charge in [0.05, 0.1) is 60.1 Å². The van der Waals surface area contributed by atoms with E-state index < -0.39 is 17.9 Å². The summed E-state index contributed by atoms with van der Waals surface area (Å²) in [5.74, 6) is 0.345. The predicted octanol–water partition coefficient (Wildman–Crippen LogP) is 7.35. The number of pyridine rings is 1. The maximum atomic E-state index is 12.3. The largest absolute Gasteiger partial charge is 0.504 e. The highest BCUT2D eigenvalue weighted by Gasteiger charge is 2.24. The maximum Gasteiger partial charge on any atom is 0.360 e. The molecule has 0 aliphatic carbocycles. The summed E-state index contributed by atoms with van der Waals surface area (Å²) in [6.45, 7) is 4.29. The number of benzene rings is 3. The van der Waals surface area contributed by atoms with E-state index in [1.54, 1.807) is 71.5 Å². The average Bonchev–Trinajstić information content (AvgIpc) is 3.87. The van der Waals surface area contributed by atoms with Crippen LogP contribution in [0.1, 0.15) is 45.3 Å². The van der Waals surface area contributed by atoms with Crippen molar-refractivity contribution < 1.29 is 53.0 Å². The van der Waals surface area contributed by atoms with Crippen molar-refractivity contribution in [3.05, 3.63) is 94.8 Å². The van der Waals surface area contributed by atoms with E-state index in [-0.39, 0.29) is 42.6 Å². The topological polar surface area (TPSA) is 189 Å². The zero-order valence-corrected chi connectivity index (χ0v) is 34.3. The van der Waals surface area contributed by atoms with Crippen LogP contribution in [0.25, 0.3) is 31.4 Å². The molecule has 3 aromatic carbocycles. The van der Waals surface area contributed by atoms with Gasteiger partial charge < -0.3 is 38.6 Å². The van der Waals surface area contributed by atoms with Gasteiger partial charge in [-0.2, -0.15) is 0 Å². The van der Waals surface area contributed by atoms with Crippen molar-refractivity contribution in [3.8, 4) is 49.9 Å². The van der Waals surface area contributed by atoms with Crippen molar-refractivity contribution in [3.63, 3.8) is 0 Å². The quantitative estimate of drug-likeness (QED) is 0.0921. The van der Waals surface area contributed by atoms with Crippen molar-refractivity contribution in [2.45, 2.75) is 26.9 Å². The van der Waals surface area contributed by atoms with E-state index in [0.717, 1.165) is 38.8 Å². The van der Waals surface area contributed by atoms with Crippen LogP contribution in [0.4, 0.5) is 0 Å². The average molecular weight is 831 g/mol. The van der Waals surface area contributed by atoms with E-state index in [1.807, 2.05) is 42.5 Å². The fourth-order valence-electron chi connectivity index (χ4n) is 5.56. The molecular formula is C41H42N4O11S2. The van der Waals surface area contributed by atoms with Gasteiger partial charge in [-0.25, -0.2) is 24.5 Å². The summed E-state index contributed by atoms with van der Waals surface area (Å²) >= 11 is 2.38. The zero-order chi connectivity index (χ0) is 41.8. The van der Waals surface area contributed by atoms with Gasteiger partial charge in [-0.15, -0.1) is 22.7 Å². The maximum absolute atomic E-state index is 12.3. The number of thiazole rings is 2. The zero-order valence-electron chi connectivity index (χ0n) is 32.6. The second kappa shape index (κ2) is 20.2. The van der Waals surface area contributed by atoms with E-state index in [4.69, 9.17) is 28.4 Å². The number of aromatic carboxylic acids is 1. The molecule has 17 heteroatoms. The molecule has 58 heavy (non-hydrogen) atoms. The Morgan fingerprint density at radius 2 is 1.31 bits per heavy atom. The molecule has 6 rings (SSSR count). The first kappa shape index (κ1) is 42.8. The number of carbonyl (C=O) groups excluding carboxylic acids is 2. The number of fused-ring (bicyclic) bond motifs is 1. The normalized spacial score (nSPS) is 10.7. The molecule has 0 aliphatic rings. The molecule has 0 fully saturated rings. The summed E-state index contributed by atoms with van der Waals surface area (Å²) in [6.07, 6.45) is 1.46. The molecule has 0 atom stereocenters. The third-order valence-electron chi connectivity index (χ3n) is 8.36. The number of methoxy groups -OCH3 is 4. The van der Waals surface area contributed by atoms with Crippen LogP contribution in [0.15, 0.2) is 72.9 Å². The molecule has 2 N–H and O–H groups in total. The monoisotopic (exact) mass is 830 g/mol. The second-order valence-corrected chi connectivity index (χ2v) is 14.1. The molecule has 6 aromatic rings.